The number of anilines is 1. The van der Waals surface area contributed by atoms with Gasteiger partial charge in [0.1, 0.15) is 10.7 Å². The topological polar surface area (TPSA) is 96.4 Å². The second kappa shape index (κ2) is 7.36. The molecule has 0 aromatic heterocycles. The molecule has 0 aliphatic carbocycles. The normalized spacial score (nSPS) is 11.6. The number of methoxy groups -OCH3 is 1. The maximum absolute atomic E-state index is 14.1. The molecule has 0 saturated carbocycles. The van der Waals surface area contributed by atoms with Crippen LogP contribution in [-0.2, 0) is 14.8 Å². The number of hydrogen-bond acceptors (Lipinski definition) is 5. The van der Waals surface area contributed by atoms with E-state index in [0.717, 1.165) is 10.4 Å². The van der Waals surface area contributed by atoms with Crippen molar-refractivity contribution >= 4 is 15.7 Å². The number of halogens is 1. The highest BCUT2D eigenvalue weighted by Gasteiger charge is 2.28. The number of aryl methyl sites for hydroxylation is 1. The monoisotopic (exact) mass is 315 g/mol. The molecule has 0 fully saturated rings. The van der Waals surface area contributed by atoms with E-state index < -0.39 is 20.7 Å². The van der Waals surface area contributed by atoms with Crippen molar-refractivity contribution in [2.24, 2.45) is 0 Å². The molecule has 116 valence electrons. The van der Waals surface area contributed by atoms with E-state index in [0.29, 0.717) is 0 Å². The lowest BCUT2D eigenvalue weighted by molar-refractivity contribution is 0.179. The molecule has 0 saturated heterocycles. The summed E-state index contributed by atoms with van der Waals surface area (Å²) >= 11 is 0. The van der Waals surface area contributed by atoms with Crippen LogP contribution in [0.5, 0.6) is 0 Å². The predicted molar refractivity (Wildman–Crippen MR) is 76.4 cm³/mol. The molecular formula is C13H18FN3O3S. The summed E-state index contributed by atoms with van der Waals surface area (Å²) in [4.78, 5) is -0.478. The van der Waals surface area contributed by atoms with Gasteiger partial charge >= 0.3 is 0 Å². The molecule has 0 bridgehead atoms. The minimum absolute atomic E-state index is 0.00581. The minimum atomic E-state index is -4.07. The van der Waals surface area contributed by atoms with Gasteiger partial charge < -0.3 is 10.5 Å². The quantitative estimate of drug-likeness (QED) is 0.764. The maximum Gasteiger partial charge on any atom is 0.246 e. The lowest BCUT2D eigenvalue weighted by Crippen LogP contribution is -2.35. The average Bonchev–Trinajstić information content (AvgIpc) is 2.42. The van der Waals surface area contributed by atoms with E-state index in [1.165, 1.54) is 20.1 Å². The van der Waals surface area contributed by atoms with E-state index >= 15 is 0 Å². The Morgan fingerprint density at radius 3 is 2.67 bits per heavy atom. The van der Waals surface area contributed by atoms with Crippen molar-refractivity contribution in [1.29, 1.82) is 5.26 Å². The maximum atomic E-state index is 14.1. The van der Waals surface area contributed by atoms with Gasteiger partial charge in [0.15, 0.2) is 0 Å². The highest BCUT2D eigenvalue weighted by molar-refractivity contribution is 7.89. The smallest absolute Gasteiger partial charge is 0.246 e. The van der Waals surface area contributed by atoms with Crippen LogP contribution in [0.3, 0.4) is 0 Å². The molecule has 0 amide bonds. The standard InChI is InChI=1S/C13H18FN3O3S/c1-10-8-11(16)9-12(13(10)14)21(18,19)17(5-3-4-15)6-7-20-2/h8-9H,3,5-7,16H2,1-2H3. The van der Waals surface area contributed by atoms with Crippen molar-refractivity contribution in [3.05, 3.63) is 23.5 Å². The van der Waals surface area contributed by atoms with Gasteiger partial charge in [-0.1, -0.05) is 0 Å². The number of sulfonamides is 1. The van der Waals surface area contributed by atoms with Gasteiger partial charge in [0.05, 0.1) is 12.7 Å². The summed E-state index contributed by atoms with van der Waals surface area (Å²) in [5.41, 5.74) is 5.92. The Kier molecular flexibility index (Phi) is 6.08. The van der Waals surface area contributed by atoms with Gasteiger partial charge in [-0.2, -0.15) is 9.57 Å². The van der Waals surface area contributed by atoms with Crippen LogP contribution >= 0.6 is 0 Å². The molecule has 21 heavy (non-hydrogen) atoms. The fraction of sp³-hybridized carbons (Fsp3) is 0.462. The number of nitrogens with zero attached hydrogens (tertiary/aromatic N) is 2. The molecule has 2 N–H and O–H groups in total. The highest BCUT2D eigenvalue weighted by atomic mass is 32.2. The first-order valence-electron chi connectivity index (χ1n) is 6.26. The first kappa shape index (κ1) is 17.4. The second-order valence-corrected chi connectivity index (χ2v) is 6.36. The van der Waals surface area contributed by atoms with Crippen LogP contribution in [0.25, 0.3) is 0 Å². The summed E-state index contributed by atoms with van der Waals surface area (Å²) in [6.07, 6.45) is 0.00581. The molecule has 0 unspecified atom stereocenters. The third kappa shape index (κ3) is 4.14. The van der Waals surface area contributed by atoms with Crippen molar-refractivity contribution in [3.8, 4) is 6.07 Å². The number of ether oxygens (including phenoxy) is 1. The lowest BCUT2D eigenvalue weighted by Gasteiger charge is -2.21. The number of hydrogen-bond donors (Lipinski definition) is 1. The summed E-state index contributed by atoms with van der Waals surface area (Å²) in [6, 6.07) is 4.32. The highest BCUT2D eigenvalue weighted by Crippen LogP contribution is 2.24. The third-order valence-corrected chi connectivity index (χ3v) is 4.78. The van der Waals surface area contributed by atoms with Gasteiger partial charge in [-0.15, -0.1) is 0 Å². The largest absolute Gasteiger partial charge is 0.399 e. The predicted octanol–water partition coefficient (Wildman–Crippen LogP) is 1.27. The Bertz CT molecular complexity index is 641. The van der Waals surface area contributed by atoms with Crippen LogP contribution in [0.2, 0.25) is 0 Å². The fourth-order valence-electron chi connectivity index (χ4n) is 1.81. The number of nitrogens with two attached hydrogens (primary N) is 1. The number of rotatable bonds is 7. The van der Waals surface area contributed by atoms with Crippen LogP contribution in [0, 0.1) is 24.1 Å². The van der Waals surface area contributed by atoms with E-state index in [1.54, 1.807) is 0 Å². The van der Waals surface area contributed by atoms with Gasteiger partial charge in [-0.25, -0.2) is 12.8 Å². The van der Waals surface area contributed by atoms with Crippen molar-refractivity contribution < 1.29 is 17.5 Å². The fourth-order valence-corrected chi connectivity index (χ4v) is 3.41. The van der Waals surface area contributed by atoms with Crippen LogP contribution in [-0.4, -0.2) is 39.5 Å². The zero-order valence-electron chi connectivity index (χ0n) is 12.0. The Morgan fingerprint density at radius 1 is 1.43 bits per heavy atom. The first-order valence-corrected chi connectivity index (χ1v) is 7.70. The van der Waals surface area contributed by atoms with E-state index in [1.807, 2.05) is 6.07 Å². The Hall–Kier alpha value is -1.69. The van der Waals surface area contributed by atoms with Gasteiger partial charge in [0, 0.05) is 32.3 Å². The Labute approximate surface area is 124 Å². The molecule has 0 atom stereocenters. The Balaban J connectivity index is 3.25. The molecule has 0 radical (unpaired) electrons. The van der Waals surface area contributed by atoms with E-state index in [2.05, 4.69) is 0 Å². The van der Waals surface area contributed by atoms with Crippen molar-refractivity contribution in [3.63, 3.8) is 0 Å². The van der Waals surface area contributed by atoms with E-state index in [4.69, 9.17) is 15.7 Å². The third-order valence-electron chi connectivity index (χ3n) is 2.88. The summed E-state index contributed by atoms with van der Waals surface area (Å²) < 4.78 is 45.1. The molecule has 0 aliphatic heterocycles. The van der Waals surface area contributed by atoms with Gasteiger partial charge in [-0.05, 0) is 24.6 Å². The minimum Gasteiger partial charge on any atom is -0.399 e. The van der Waals surface area contributed by atoms with Gasteiger partial charge in [-0.3, -0.25) is 0 Å². The zero-order chi connectivity index (χ0) is 16.0. The molecule has 8 heteroatoms. The molecule has 0 aliphatic rings. The van der Waals surface area contributed by atoms with Crippen LogP contribution in [0.15, 0.2) is 17.0 Å². The molecule has 1 aromatic rings. The second-order valence-electron chi connectivity index (χ2n) is 4.45. The van der Waals surface area contributed by atoms with Crippen LogP contribution in [0.4, 0.5) is 10.1 Å². The van der Waals surface area contributed by atoms with E-state index in [-0.39, 0.29) is 37.4 Å². The summed E-state index contributed by atoms with van der Waals surface area (Å²) in [5.74, 6) is -0.830. The Morgan fingerprint density at radius 2 is 2.10 bits per heavy atom. The van der Waals surface area contributed by atoms with Crippen molar-refractivity contribution in [2.75, 3.05) is 32.5 Å². The average molecular weight is 315 g/mol. The molecule has 0 spiro atoms. The van der Waals surface area contributed by atoms with Crippen LogP contribution < -0.4 is 5.73 Å². The number of nitriles is 1. The number of nitrogen functional groups attached to an aromatic ring is 1. The summed E-state index contributed by atoms with van der Waals surface area (Å²) in [5, 5.41) is 8.62. The van der Waals surface area contributed by atoms with Gasteiger partial charge in [0.25, 0.3) is 0 Å². The van der Waals surface area contributed by atoms with E-state index in [9.17, 15) is 12.8 Å². The molecule has 1 aromatic carbocycles. The zero-order valence-corrected chi connectivity index (χ0v) is 12.8. The van der Waals surface area contributed by atoms with Crippen molar-refractivity contribution in [1.82, 2.24) is 4.31 Å². The molecule has 0 heterocycles. The van der Waals surface area contributed by atoms with Crippen LogP contribution in [0.1, 0.15) is 12.0 Å². The number of benzene rings is 1. The summed E-state index contributed by atoms with van der Waals surface area (Å²) in [7, 11) is -2.64. The first-order chi connectivity index (χ1) is 9.84. The molecule has 6 nitrogen and oxygen atoms in total. The SMILES string of the molecule is COCCN(CCC#N)S(=O)(=O)c1cc(N)cc(C)c1F. The van der Waals surface area contributed by atoms with Crippen molar-refractivity contribution in [2.45, 2.75) is 18.2 Å². The molecule has 1 rings (SSSR count). The molecular weight excluding hydrogens is 297 g/mol. The van der Waals surface area contributed by atoms with Gasteiger partial charge in [0.2, 0.25) is 10.0 Å². The lowest BCUT2D eigenvalue weighted by atomic mass is 10.2. The summed E-state index contributed by atoms with van der Waals surface area (Å²) in [6.45, 7) is 1.59.